The summed E-state index contributed by atoms with van der Waals surface area (Å²) in [6, 6.07) is 7.69. The second kappa shape index (κ2) is 10.7. The van der Waals surface area contributed by atoms with Crippen molar-refractivity contribution in [3.63, 3.8) is 0 Å². The Bertz CT molecular complexity index is 1600. The average Bonchev–Trinajstić information content (AvgIpc) is 3.61. The van der Waals surface area contributed by atoms with E-state index in [0.29, 0.717) is 5.02 Å². The maximum atomic E-state index is 13.0. The molecule has 2 fully saturated rings. The van der Waals surface area contributed by atoms with Gasteiger partial charge in [-0.05, 0) is 67.1 Å². The topological polar surface area (TPSA) is 82.6 Å². The number of benzene rings is 1. The van der Waals surface area contributed by atoms with E-state index in [4.69, 9.17) is 16.3 Å². The lowest BCUT2D eigenvalue weighted by molar-refractivity contribution is -0.0262. The molecule has 0 radical (unpaired) electrons. The van der Waals surface area contributed by atoms with Crippen LogP contribution in [0.2, 0.25) is 5.02 Å². The number of hydrogen-bond acceptors (Lipinski definition) is 5. The molecule has 4 heterocycles. The Kier molecular flexibility index (Phi) is 7.51. The van der Waals surface area contributed by atoms with Crippen molar-refractivity contribution in [1.29, 1.82) is 0 Å². The molecule has 1 aromatic carbocycles. The smallest absolute Gasteiger partial charge is 0.331 e. The first-order valence-corrected chi connectivity index (χ1v) is 13.2. The number of hydrogen-bond donors (Lipinski definition) is 1. The molecule has 38 heavy (non-hydrogen) atoms. The third kappa shape index (κ3) is 5.18. The first-order chi connectivity index (χ1) is 17.9. The van der Waals surface area contributed by atoms with Crippen molar-refractivity contribution < 1.29 is 4.74 Å². The van der Waals surface area contributed by atoms with Crippen LogP contribution in [0, 0.1) is 6.92 Å². The number of rotatable bonds is 6. The number of aromatic nitrogens is 4. The lowest BCUT2D eigenvalue weighted by Gasteiger charge is -2.30. The Morgan fingerprint density at radius 2 is 1.97 bits per heavy atom. The number of morpholine rings is 1. The van der Waals surface area contributed by atoms with Gasteiger partial charge in [-0.1, -0.05) is 11.6 Å². The van der Waals surface area contributed by atoms with Gasteiger partial charge in [0.15, 0.2) is 0 Å². The Balaban J connectivity index is 0.00000294. The van der Waals surface area contributed by atoms with E-state index >= 15 is 0 Å². The van der Waals surface area contributed by atoms with Gasteiger partial charge in [0.1, 0.15) is 0 Å². The van der Waals surface area contributed by atoms with E-state index in [2.05, 4.69) is 24.1 Å². The van der Waals surface area contributed by atoms with Gasteiger partial charge in [-0.3, -0.25) is 13.9 Å². The first kappa shape index (κ1) is 26.7. The molecule has 0 spiro atoms. The van der Waals surface area contributed by atoms with E-state index in [1.807, 2.05) is 35.0 Å². The maximum absolute atomic E-state index is 13.0. The van der Waals surface area contributed by atoms with Crippen molar-refractivity contribution in [3.8, 4) is 11.1 Å². The fourth-order valence-electron chi connectivity index (χ4n) is 5.38. The van der Waals surface area contributed by atoms with Gasteiger partial charge in [0.2, 0.25) is 0 Å². The monoisotopic (exact) mass is 555 g/mol. The highest BCUT2D eigenvalue weighted by Crippen LogP contribution is 2.35. The zero-order chi connectivity index (χ0) is 25.7. The van der Waals surface area contributed by atoms with Crippen LogP contribution >= 0.6 is 24.0 Å². The second-order valence-corrected chi connectivity index (χ2v) is 10.7. The molecule has 1 saturated carbocycles. The standard InChI is InChI=1S/C28H30ClN5O3.ClH/c1-17-7-20(29)9-24(23(17)10-22-12-30-11-18(2)37-22)25-13-31-16-32-14-19(8-26(25)32)15-34-27(35)5-6-33(28(34)36)21-3-4-21;/h5-9,13-14,16,18,21-22,30H,3-4,10-12,15H2,1-2H3;1H/t18-,22?;/m0./s1. The van der Waals surface area contributed by atoms with Crippen molar-refractivity contribution >= 4 is 29.5 Å². The summed E-state index contributed by atoms with van der Waals surface area (Å²) >= 11 is 6.54. The van der Waals surface area contributed by atoms with Crippen LogP contribution in [-0.4, -0.2) is 43.8 Å². The highest BCUT2D eigenvalue weighted by atomic mass is 35.5. The third-order valence-electron chi connectivity index (χ3n) is 7.34. The second-order valence-electron chi connectivity index (χ2n) is 10.3. The summed E-state index contributed by atoms with van der Waals surface area (Å²) in [4.78, 5) is 30.1. The van der Waals surface area contributed by atoms with E-state index < -0.39 is 0 Å². The molecule has 1 aliphatic heterocycles. The molecule has 10 heteroatoms. The summed E-state index contributed by atoms with van der Waals surface area (Å²) in [6.45, 7) is 6.02. The SMILES string of the molecule is Cc1cc(Cl)cc(-c2cncn3cc(Cn4c(=O)ccn(C5CC5)c4=O)cc23)c1CC1CNC[C@H](C)O1.Cl. The fraction of sp³-hybridized carbons (Fsp3) is 0.393. The minimum absolute atomic E-state index is 0. The summed E-state index contributed by atoms with van der Waals surface area (Å²) in [7, 11) is 0. The van der Waals surface area contributed by atoms with Crippen LogP contribution in [0.15, 0.2) is 58.8 Å². The van der Waals surface area contributed by atoms with Crippen LogP contribution in [0.1, 0.15) is 42.5 Å². The molecule has 1 unspecified atom stereocenters. The predicted molar refractivity (Wildman–Crippen MR) is 151 cm³/mol. The zero-order valence-corrected chi connectivity index (χ0v) is 23.0. The first-order valence-electron chi connectivity index (χ1n) is 12.8. The average molecular weight is 556 g/mol. The fourth-order valence-corrected chi connectivity index (χ4v) is 5.66. The van der Waals surface area contributed by atoms with E-state index in [-0.39, 0.29) is 48.5 Å². The van der Waals surface area contributed by atoms with Gasteiger partial charge in [0.05, 0.1) is 30.6 Å². The van der Waals surface area contributed by atoms with Crippen molar-refractivity contribution in [1.82, 2.24) is 23.8 Å². The lowest BCUT2D eigenvalue weighted by atomic mass is 9.92. The van der Waals surface area contributed by atoms with Gasteiger partial charge >= 0.3 is 5.69 Å². The summed E-state index contributed by atoms with van der Waals surface area (Å²) in [5.74, 6) is 0. The quantitative estimate of drug-likeness (QED) is 0.388. The number of aryl methyl sites for hydroxylation is 1. The van der Waals surface area contributed by atoms with E-state index in [1.54, 1.807) is 17.1 Å². The molecular formula is C28H31Cl2N5O3. The number of halogens is 2. The summed E-state index contributed by atoms with van der Waals surface area (Å²) in [5.41, 5.74) is 5.49. The molecule has 2 aliphatic rings. The minimum atomic E-state index is -0.293. The molecule has 1 N–H and O–H groups in total. The highest BCUT2D eigenvalue weighted by Gasteiger charge is 2.26. The predicted octanol–water partition coefficient (Wildman–Crippen LogP) is 4.01. The van der Waals surface area contributed by atoms with Gasteiger partial charge in [-0.2, -0.15) is 0 Å². The van der Waals surface area contributed by atoms with Crippen molar-refractivity contribution in [2.45, 2.75) is 57.9 Å². The molecular weight excluding hydrogens is 525 g/mol. The molecule has 4 aromatic rings. The Morgan fingerprint density at radius 1 is 1.16 bits per heavy atom. The van der Waals surface area contributed by atoms with Crippen LogP contribution in [0.3, 0.4) is 0 Å². The van der Waals surface area contributed by atoms with Gasteiger partial charge in [0.25, 0.3) is 5.56 Å². The van der Waals surface area contributed by atoms with Crippen LogP contribution in [0.25, 0.3) is 16.6 Å². The molecule has 1 aliphatic carbocycles. The normalized spacial score (nSPS) is 19.4. The van der Waals surface area contributed by atoms with Crippen LogP contribution in [0.4, 0.5) is 0 Å². The van der Waals surface area contributed by atoms with Crippen LogP contribution < -0.4 is 16.6 Å². The largest absolute Gasteiger partial charge is 0.372 e. The molecule has 200 valence electrons. The third-order valence-corrected chi connectivity index (χ3v) is 7.56. The van der Waals surface area contributed by atoms with Crippen LogP contribution in [-0.2, 0) is 17.7 Å². The highest BCUT2D eigenvalue weighted by molar-refractivity contribution is 6.31. The number of nitrogens with one attached hydrogen (secondary N) is 1. The van der Waals surface area contributed by atoms with Gasteiger partial charge in [-0.15, -0.1) is 12.4 Å². The molecule has 8 nitrogen and oxygen atoms in total. The summed E-state index contributed by atoms with van der Waals surface area (Å²) < 4.78 is 11.1. The molecule has 3 aromatic heterocycles. The number of ether oxygens (including phenoxy) is 1. The Hall–Kier alpha value is -2.91. The van der Waals surface area contributed by atoms with Crippen LogP contribution in [0.5, 0.6) is 0 Å². The Morgan fingerprint density at radius 3 is 2.74 bits per heavy atom. The summed E-state index contributed by atoms with van der Waals surface area (Å²) in [6.07, 6.45) is 10.1. The van der Waals surface area contributed by atoms with Crippen molar-refractivity contribution in [2.24, 2.45) is 0 Å². The molecule has 6 rings (SSSR count). The van der Waals surface area contributed by atoms with E-state index in [1.165, 1.54) is 16.2 Å². The van der Waals surface area contributed by atoms with Gasteiger partial charge < -0.3 is 14.5 Å². The van der Waals surface area contributed by atoms with E-state index in [0.717, 1.165) is 60.1 Å². The van der Waals surface area contributed by atoms with Crippen molar-refractivity contribution in [2.75, 3.05) is 13.1 Å². The number of fused-ring (bicyclic) bond motifs is 1. The molecule has 0 bridgehead atoms. The molecule has 1 saturated heterocycles. The zero-order valence-electron chi connectivity index (χ0n) is 21.4. The minimum Gasteiger partial charge on any atom is -0.372 e. The maximum Gasteiger partial charge on any atom is 0.331 e. The van der Waals surface area contributed by atoms with Gasteiger partial charge in [-0.25, -0.2) is 9.78 Å². The lowest BCUT2D eigenvalue weighted by Crippen LogP contribution is -2.44. The van der Waals surface area contributed by atoms with Crippen molar-refractivity contribution in [3.05, 3.63) is 91.7 Å². The van der Waals surface area contributed by atoms with E-state index in [9.17, 15) is 9.59 Å². The molecule has 2 atom stereocenters. The summed E-state index contributed by atoms with van der Waals surface area (Å²) in [5, 5.41) is 4.12. The number of nitrogens with zero attached hydrogens (tertiary/aromatic N) is 4. The Labute approximate surface area is 231 Å². The molecule has 0 amide bonds. The van der Waals surface area contributed by atoms with Gasteiger partial charge in [0, 0.05) is 60.8 Å².